The highest BCUT2D eigenvalue weighted by Crippen LogP contribution is 2.29. The summed E-state index contributed by atoms with van der Waals surface area (Å²) in [6.45, 7) is 0. The summed E-state index contributed by atoms with van der Waals surface area (Å²) in [5.41, 5.74) is 3.77. The van der Waals surface area contributed by atoms with Gasteiger partial charge >= 0.3 is 0 Å². The third kappa shape index (κ3) is 3.30. The first-order valence-electron chi connectivity index (χ1n) is 8.98. The van der Waals surface area contributed by atoms with Gasteiger partial charge < -0.3 is 10.1 Å². The van der Waals surface area contributed by atoms with Gasteiger partial charge in [0.25, 0.3) is 5.91 Å². The summed E-state index contributed by atoms with van der Waals surface area (Å²) in [5, 5.41) is 7.49. The molecule has 0 radical (unpaired) electrons. The number of fused-ring (bicyclic) bond motifs is 1. The second-order valence-electron chi connectivity index (χ2n) is 6.52. The van der Waals surface area contributed by atoms with Crippen LogP contribution in [0, 0.1) is 5.82 Å². The highest BCUT2D eigenvalue weighted by Gasteiger charge is 2.26. The lowest BCUT2D eigenvalue weighted by Gasteiger charge is -2.14. The molecule has 1 aliphatic carbocycles. The van der Waals surface area contributed by atoms with E-state index in [0.29, 0.717) is 17.1 Å². The van der Waals surface area contributed by atoms with Gasteiger partial charge in [-0.05, 0) is 62.1 Å². The minimum Gasteiger partial charge on any atom is -0.495 e. The number of halogens is 1. The van der Waals surface area contributed by atoms with Crippen LogP contribution in [0.2, 0.25) is 0 Å². The van der Waals surface area contributed by atoms with E-state index in [9.17, 15) is 9.18 Å². The number of hydrogen-bond donors (Lipinski definition) is 1. The first-order valence-corrected chi connectivity index (χ1v) is 8.98. The molecule has 1 aromatic heterocycles. The molecule has 1 aliphatic rings. The predicted octanol–water partition coefficient (Wildman–Crippen LogP) is 4.15. The minimum absolute atomic E-state index is 0.265. The van der Waals surface area contributed by atoms with E-state index in [-0.39, 0.29) is 11.7 Å². The second kappa shape index (κ2) is 7.23. The van der Waals surface area contributed by atoms with Crippen molar-refractivity contribution in [3.05, 3.63) is 71.3 Å². The van der Waals surface area contributed by atoms with Gasteiger partial charge in [-0.1, -0.05) is 12.1 Å². The van der Waals surface area contributed by atoms with Gasteiger partial charge in [-0.15, -0.1) is 0 Å². The number of methoxy groups -OCH3 is 1. The van der Waals surface area contributed by atoms with Gasteiger partial charge in [-0.2, -0.15) is 5.10 Å². The number of carbonyl (C=O) groups is 1. The van der Waals surface area contributed by atoms with Crippen molar-refractivity contribution in [3.63, 3.8) is 0 Å². The van der Waals surface area contributed by atoms with Crippen LogP contribution in [0.4, 0.5) is 10.1 Å². The van der Waals surface area contributed by atoms with Crippen molar-refractivity contribution < 1.29 is 13.9 Å². The van der Waals surface area contributed by atoms with Crippen LogP contribution in [0.1, 0.15) is 34.6 Å². The molecule has 0 aliphatic heterocycles. The molecule has 0 bridgehead atoms. The molecule has 0 saturated carbocycles. The van der Waals surface area contributed by atoms with Crippen molar-refractivity contribution >= 4 is 11.6 Å². The molecule has 6 heteroatoms. The maximum absolute atomic E-state index is 13.3. The number of rotatable bonds is 4. The standard InChI is InChI=1S/C21H20FN3O2/c1-27-19-9-5-3-7-17(19)23-21(26)20-16-6-2-4-8-18(16)25(24-20)15-12-10-14(22)11-13-15/h3,5,7,9-13H,2,4,6,8H2,1H3,(H,23,26). The van der Waals surface area contributed by atoms with Gasteiger partial charge in [0.15, 0.2) is 5.69 Å². The Hall–Kier alpha value is -3.15. The lowest BCUT2D eigenvalue weighted by Crippen LogP contribution is -2.16. The normalized spacial score (nSPS) is 13.1. The van der Waals surface area contributed by atoms with E-state index >= 15 is 0 Å². The van der Waals surface area contributed by atoms with Gasteiger partial charge in [-0.3, -0.25) is 4.79 Å². The van der Waals surface area contributed by atoms with E-state index in [1.165, 1.54) is 12.1 Å². The first-order chi connectivity index (χ1) is 13.2. The van der Waals surface area contributed by atoms with E-state index in [2.05, 4.69) is 10.4 Å². The van der Waals surface area contributed by atoms with Gasteiger partial charge in [-0.25, -0.2) is 9.07 Å². The summed E-state index contributed by atoms with van der Waals surface area (Å²) < 4.78 is 20.4. The third-order valence-corrected chi connectivity index (χ3v) is 4.82. The molecule has 1 heterocycles. The molecule has 3 aromatic rings. The molecule has 5 nitrogen and oxygen atoms in total. The monoisotopic (exact) mass is 365 g/mol. The summed E-state index contributed by atoms with van der Waals surface area (Å²) in [7, 11) is 1.57. The Labute approximate surface area is 156 Å². The van der Waals surface area contributed by atoms with Gasteiger partial charge in [0.05, 0.1) is 18.5 Å². The Kier molecular flexibility index (Phi) is 4.62. The number of hydrogen-bond acceptors (Lipinski definition) is 3. The van der Waals surface area contributed by atoms with Gasteiger partial charge in [0.1, 0.15) is 11.6 Å². The number of benzene rings is 2. The smallest absolute Gasteiger partial charge is 0.276 e. The van der Waals surface area contributed by atoms with Crippen LogP contribution in [0.3, 0.4) is 0 Å². The molecule has 1 N–H and O–H groups in total. The lowest BCUT2D eigenvalue weighted by molar-refractivity contribution is 0.102. The number of amides is 1. The summed E-state index contributed by atoms with van der Waals surface area (Å²) in [5.74, 6) is 0.0325. The van der Waals surface area contributed by atoms with Crippen LogP contribution >= 0.6 is 0 Å². The summed E-state index contributed by atoms with van der Waals surface area (Å²) in [4.78, 5) is 13.0. The van der Waals surface area contributed by atoms with Crippen LogP contribution in [0.15, 0.2) is 48.5 Å². The molecule has 0 atom stereocenters. The van der Waals surface area contributed by atoms with E-state index in [1.807, 2.05) is 12.1 Å². The fourth-order valence-corrected chi connectivity index (χ4v) is 3.51. The fourth-order valence-electron chi connectivity index (χ4n) is 3.51. The van der Waals surface area contributed by atoms with Crippen molar-refractivity contribution in [2.75, 3.05) is 12.4 Å². The average molecular weight is 365 g/mol. The first kappa shape index (κ1) is 17.3. The van der Waals surface area contributed by atoms with E-state index in [1.54, 1.807) is 36.1 Å². The molecule has 0 unspecified atom stereocenters. The van der Waals surface area contributed by atoms with Crippen LogP contribution < -0.4 is 10.1 Å². The Morgan fingerprint density at radius 3 is 2.63 bits per heavy atom. The zero-order valence-electron chi connectivity index (χ0n) is 15.0. The number of nitrogens with zero attached hydrogens (tertiary/aromatic N) is 2. The van der Waals surface area contributed by atoms with Crippen molar-refractivity contribution in [3.8, 4) is 11.4 Å². The minimum atomic E-state index is -0.297. The van der Waals surface area contributed by atoms with Crippen molar-refractivity contribution in [1.82, 2.24) is 9.78 Å². The average Bonchev–Trinajstić information content (AvgIpc) is 3.09. The molecule has 2 aromatic carbocycles. The van der Waals surface area contributed by atoms with Crippen LogP contribution in [-0.2, 0) is 12.8 Å². The lowest BCUT2D eigenvalue weighted by atomic mass is 9.95. The quantitative estimate of drug-likeness (QED) is 0.756. The Morgan fingerprint density at radius 1 is 1.11 bits per heavy atom. The zero-order valence-corrected chi connectivity index (χ0v) is 15.0. The number of nitrogens with one attached hydrogen (secondary N) is 1. The largest absolute Gasteiger partial charge is 0.495 e. The van der Waals surface area contributed by atoms with Crippen molar-refractivity contribution in [2.45, 2.75) is 25.7 Å². The van der Waals surface area contributed by atoms with Crippen LogP contribution in [0.25, 0.3) is 5.69 Å². The summed E-state index contributed by atoms with van der Waals surface area (Å²) in [6, 6.07) is 13.4. The molecule has 0 fully saturated rings. The number of anilines is 1. The molecule has 0 saturated heterocycles. The zero-order chi connectivity index (χ0) is 18.8. The van der Waals surface area contributed by atoms with E-state index in [0.717, 1.165) is 42.6 Å². The Bertz CT molecular complexity index is 980. The third-order valence-electron chi connectivity index (χ3n) is 4.82. The maximum Gasteiger partial charge on any atom is 0.276 e. The predicted molar refractivity (Wildman–Crippen MR) is 101 cm³/mol. The molecule has 1 amide bonds. The maximum atomic E-state index is 13.3. The number of carbonyl (C=O) groups excluding carboxylic acids is 1. The van der Waals surface area contributed by atoms with Crippen molar-refractivity contribution in [1.29, 1.82) is 0 Å². The molecule has 138 valence electrons. The second-order valence-corrected chi connectivity index (χ2v) is 6.52. The Morgan fingerprint density at radius 2 is 1.85 bits per heavy atom. The molecule has 0 spiro atoms. The molecule has 4 rings (SSSR count). The van der Waals surface area contributed by atoms with Crippen LogP contribution in [-0.4, -0.2) is 22.8 Å². The summed E-state index contributed by atoms with van der Waals surface area (Å²) >= 11 is 0. The fraction of sp³-hybridized carbons (Fsp3) is 0.238. The van der Waals surface area contributed by atoms with Gasteiger partial charge in [0, 0.05) is 11.3 Å². The Balaban J connectivity index is 1.72. The molecular weight excluding hydrogens is 345 g/mol. The number of para-hydroxylation sites is 2. The van der Waals surface area contributed by atoms with E-state index < -0.39 is 0 Å². The highest BCUT2D eigenvalue weighted by molar-refractivity contribution is 6.05. The topological polar surface area (TPSA) is 56.1 Å². The molecular formula is C21H20FN3O2. The van der Waals surface area contributed by atoms with Crippen molar-refractivity contribution in [2.24, 2.45) is 0 Å². The molecule has 27 heavy (non-hydrogen) atoms. The number of ether oxygens (including phenoxy) is 1. The van der Waals surface area contributed by atoms with E-state index in [4.69, 9.17) is 4.74 Å². The van der Waals surface area contributed by atoms with Crippen LogP contribution in [0.5, 0.6) is 5.75 Å². The number of aromatic nitrogens is 2. The SMILES string of the molecule is COc1ccccc1NC(=O)c1nn(-c2ccc(F)cc2)c2c1CCCC2. The summed E-state index contributed by atoms with van der Waals surface area (Å²) in [6.07, 6.45) is 3.73. The van der Waals surface area contributed by atoms with Gasteiger partial charge in [0.2, 0.25) is 0 Å². The highest BCUT2D eigenvalue weighted by atomic mass is 19.1.